The summed E-state index contributed by atoms with van der Waals surface area (Å²) in [5.41, 5.74) is 0. The standard InChI is InChI=1S/C48H95NO11S/c1-3-5-7-9-11-13-15-17-19-21-23-25-27-29-31-33-35-37-42(51)41(40-58-48-46(54)47(60-61(55,56)57)45(53)43(39-50)59-48)49-44(52)38-36-34-32-30-28-26-24-22-20-18-16-14-12-10-8-6-4-2/h41-43,45-48,50-51,53-54H,3-40H2,1-2H3,(H,49,52)(H,55,56,57). The van der Waals surface area contributed by atoms with Crippen LogP contribution in [0.15, 0.2) is 0 Å². The SMILES string of the molecule is CCCCCCCCCCCCCCCCCCCC(=O)NC(COC1OC(CO)C(O)C(OS(=O)(=O)O)C1O)C(O)CCCCCCCCCCCCCCCCCCC. The van der Waals surface area contributed by atoms with Crippen LogP contribution >= 0.6 is 0 Å². The van der Waals surface area contributed by atoms with Gasteiger partial charge in [-0.15, -0.1) is 0 Å². The Bertz CT molecular complexity index is 1100. The molecule has 1 fully saturated rings. The van der Waals surface area contributed by atoms with Crippen LogP contribution in [0.3, 0.4) is 0 Å². The summed E-state index contributed by atoms with van der Waals surface area (Å²) in [6.07, 6.45) is 33.8. The Hall–Kier alpha value is -0.900. The highest BCUT2D eigenvalue weighted by Crippen LogP contribution is 2.26. The fourth-order valence-corrected chi connectivity index (χ4v) is 8.97. The third-order valence-corrected chi connectivity index (χ3v) is 12.9. The maximum Gasteiger partial charge on any atom is 0.397 e. The molecule has 0 aromatic rings. The first kappa shape index (κ1) is 58.1. The van der Waals surface area contributed by atoms with Crippen molar-refractivity contribution in [1.82, 2.24) is 5.32 Å². The minimum absolute atomic E-state index is 0.225. The molecule has 0 spiro atoms. The maximum absolute atomic E-state index is 13.1. The first-order valence-electron chi connectivity index (χ1n) is 25.4. The van der Waals surface area contributed by atoms with E-state index >= 15 is 0 Å². The molecule has 61 heavy (non-hydrogen) atoms. The summed E-state index contributed by atoms with van der Waals surface area (Å²) < 4.78 is 47.8. The van der Waals surface area contributed by atoms with Crippen molar-refractivity contribution in [2.75, 3.05) is 13.2 Å². The molecule has 1 aliphatic heterocycles. The lowest BCUT2D eigenvalue weighted by molar-refractivity contribution is -0.298. The maximum atomic E-state index is 13.1. The van der Waals surface area contributed by atoms with Crippen LogP contribution in [0.4, 0.5) is 0 Å². The van der Waals surface area contributed by atoms with Crippen LogP contribution in [0, 0.1) is 0 Å². The Morgan fingerprint density at radius 1 is 0.590 bits per heavy atom. The molecule has 7 atom stereocenters. The number of aliphatic hydroxyl groups is 4. The average molecular weight is 894 g/mol. The molecule has 1 rings (SSSR count). The van der Waals surface area contributed by atoms with Gasteiger partial charge < -0.3 is 35.2 Å². The van der Waals surface area contributed by atoms with Gasteiger partial charge in [0.1, 0.15) is 24.4 Å². The van der Waals surface area contributed by atoms with Gasteiger partial charge in [-0.05, 0) is 12.8 Å². The van der Waals surface area contributed by atoms with E-state index in [0.29, 0.717) is 12.8 Å². The normalized spacial score (nSPS) is 20.5. The lowest BCUT2D eigenvalue weighted by Gasteiger charge is -2.41. The van der Waals surface area contributed by atoms with Crippen LogP contribution in [0.2, 0.25) is 0 Å². The van der Waals surface area contributed by atoms with Gasteiger partial charge in [0, 0.05) is 6.42 Å². The summed E-state index contributed by atoms with van der Waals surface area (Å²) in [4.78, 5) is 13.1. The van der Waals surface area contributed by atoms with Gasteiger partial charge in [0.25, 0.3) is 0 Å². The van der Waals surface area contributed by atoms with Crippen LogP contribution in [0.1, 0.15) is 245 Å². The predicted molar refractivity (Wildman–Crippen MR) is 246 cm³/mol. The smallest absolute Gasteiger partial charge is 0.394 e. The lowest BCUT2D eigenvalue weighted by Crippen LogP contribution is -2.61. The van der Waals surface area contributed by atoms with Crippen LogP contribution in [-0.4, -0.2) is 95.4 Å². The van der Waals surface area contributed by atoms with Gasteiger partial charge >= 0.3 is 10.4 Å². The summed E-state index contributed by atoms with van der Waals surface area (Å²) in [5.74, 6) is -0.225. The van der Waals surface area contributed by atoms with Crippen molar-refractivity contribution < 1.29 is 51.8 Å². The largest absolute Gasteiger partial charge is 0.397 e. The third-order valence-electron chi connectivity index (χ3n) is 12.4. The van der Waals surface area contributed by atoms with Crippen molar-refractivity contribution in [1.29, 1.82) is 0 Å². The molecule has 0 radical (unpaired) electrons. The Morgan fingerprint density at radius 2 is 0.951 bits per heavy atom. The number of unbranched alkanes of at least 4 members (excludes halogenated alkanes) is 32. The van der Waals surface area contributed by atoms with E-state index in [0.717, 1.165) is 51.4 Å². The van der Waals surface area contributed by atoms with Crippen molar-refractivity contribution in [3.05, 3.63) is 0 Å². The number of amides is 1. The topological polar surface area (TPSA) is 192 Å². The number of carbonyl (C=O) groups is 1. The van der Waals surface area contributed by atoms with Crippen LogP contribution in [0.25, 0.3) is 0 Å². The van der Waals surface area contributed by atoms with Crippen molar-refractivity contribution >= 4 is 16.3 Å². The van der Waals surface area contributed by atoms with Crippen molar-refractivity contribution in [2.45, 2.75) is 288 Å². The van der Waals surface area contributed by atoms with Crippen LogP contribution < -0.4 is 5.32 Å². The molecule has 0 aliphatic carbocycles. The zero-order valence-corrected chi connectivity index (χ0v) is 39.8. The van der Waals surface area contributed by atoms with Gasteiger partial charge in [-0.2, -0.15) is 8.42 Å². The molecule has 13 heteroatoms. The molecule has 6 N–H and O–H groups in total. The van der Waals surface area contributed by atoms with Crippen LogP contribution in [-0.2, 0) is 28.9 Å². The van der Waals surface area contributed by atoms with E-state index < -0.39 is 59.9 Å². The van der Waals surface area contributed by atoms with Crippen LogP contribution in [0.5, 0.6) is 0 Å². The van der Waals surface area contributed by atoms with Crippen molar-refractivity contribution in [3.63, 3.8) is 0 Å². The molecular formula is C48H95NO11S. The fourth-order valence-electron chi connectivity index (χ4n) is 8.46. The van der Waals surface area contributed by atoms with Gasteiger partial charge in [0.15, 0.2) is 6.29 Å². The number of ether oxygens (including phenoxy) is 2. The van der Waals surface area contributed by atoms with E-state index in [9.17, 15) is 38.2 Å². The number of nitrogens with one attached hydrogen (secondary N) is 1. The number of aliphatic hydroxyl groups excluding tert-OH is 4. The third kappa shape index (κ3) is 32.4. The Balaban J connectivity index is 2.43. The van der Waals surface area contributed by atoms with E-state index in [1.807, 2.05) is 0 Å². The second kappa shape index (κ2) is 39.5. The monoisotopic (exact) mass is 894 g/mol. The zero-order chi connectivity index (χ0) is 44.8. The quantitative estimate of drug-likeness (QED) is 0.0252. The highest BCUT2D eigenvalue weighted by atomic mass is 32.3. The summed E-state index contributed by atoms with van der Waals surface area (Å²) in [6.45, 7) is 3.48. The molecule has 1 heterocycles. The second-order valence-electron chi connectivity index (χ2n) is 18.1. The number of rotatable bonds is 44. The first-order chi connectivity index (χ1) is 29.5. The van der Waals surface area contributed by atoms with Crippen molar-refractivity contribution in [3.8, 4) is 0 Å². The molecule has 0 saturated carbocycles. The highest BCUT2D eigenvalue weighted by molar-refractivity contribution is 7.80. The van der Waals surface area contributed by atoms with E-state index in [1.54, 1.807) is 0 Å². The molecule has 1 saturated heterocycles. The molecule has 12 nitrogen and oxygen atoms in total. The van der Waals surface area contributed by atoms with Gasteiger partial charge in [0.2, 0.25) is 5.91 Å². The molecule has 1 aliphatic rings. The zero-order valence-electron chi connectivity index (χ0n) is 39.0. The Morgan fingerprint density at radius 3 is 1.31 bits per heavy atom. The number of hydrogen-bond donors (Lipinski definition) is 6. The molecule has 0 bridgehead atoms. The summed E-state index contributed by atoms with van der Waals surface area (Å²) in [7, 11) is -5.07. The molecule has 1 amide bonds. The Labute approximate surface area is 373 Å². The average Bonchev–Trinajstić information content (AvgIpc) is 3.23. The van der Waals surface area contributed by atoms with E-state index in [4.69, 9.17) is 9.47 Å². The van der Waals surface area contributed by atoms with E-state index in [-0.39, 0.29) is 12.5 Å². The molecule has 0 aromatic heterocycles. The fraction of sp³-hybridized carbons (Fsp3) is 0.979. The number of carbonyl (C=O) groups excluding carboxylic acids is 1. The van der Waals surface area contributed by atoms with Gasteiger partial charge in [-0.25, -0.2) is 4.18 Å². The molecular weight excluding hydrogens is 799 g/mol. The Kier molecular flexibility index (Phi) is 37.6. The van der Waals surface area contributed by atoms with E-state index in [1.165, 1.54) is 167 Å². The van der Waals surface area contributed by atoms with Crippen molar-refractivity contribution in [2.24, 2.45) is 0 Å². The minimum Gasteiger partial charge on any atom is -0.394 e. The highest BCUT2D eigenvalue weighted by Gasteiger charge is 2.48. The lowest BCUT2D eigenvalue weighted by atomic mass is 9.99. The van der Waals surface area contributed by atoms with Gasteiger partial charge in [0.05, 0.1) is 25.4 Å². The second-order valence-corrected chi connectivity index (χ2v) is 19.2. The van der Waals surface area contributed by atoms with Gasteiger partial charge in [-0.1, -0.05) is 226 Å². The summed E-state index contributed by atoms with van der Waals surface area (Å²) in [5, 5.41) is 45.0. The number of hydrogen-bond acceptors (Lipinski definition) is 10. The molecule has 0 aromatic carbocycles. The predicted octanol–water partition coefficient (Wildman–Crippen LogP) is 10.6. The minimum atomic E-state index is -5.07. The molecule has 7 unspecified atom stereocenters. The molecule has 364 valence electrons. The summed E-state index contributed by atoms with van der Waals surface area (Å²) in [6, 6.07) is -0.851. The first-order valence-corrected chi connectivity index (χ1v) is 26.8. The summed E-state index contributed by atoms with van der Waals surface area (Å²) >= 11 is 0. The van der Waals surface area contributed by atoms with E-state index in [2.05, 4.69) is 23.3 Å². The van der Waals surface area contributed by atoms with Gasteiger partial charge in [-0.3, -0.25) is 9.35 Å².